The van der Waals surface area contributed by atoms with Crippen LogP contribution in [0.25, 0.3) is 0 Å². The molecular weight excluding hydrogens is 269 g/mol. The van der Waals surface area contributed by atoms with Gasteiger partial charge in [-0.25, -0.2) is 4.39 Å². The average Bonchev–Trinajstić information content (AvgIpc) is 2.50. The Balaban J connectivity index is 1.71. The molecule has 0 spiro atoms. The third kappa shape index (κ3) is 4.60. The number of aryl methyl sites for hydroxylation is 1. The second-order valence-electron chi connectivity index (χ2n) is 4.73. The average molecular weight is 287 g/mol. The maximum Gasteiger partial charge on any atom is 0.251 e. The molecule has 1 amide bonds. The molecule has 0 aliphatic heterocycles. The van der Waals surface area contributed by atoms with Gasteiger partial charge in [0.25, 0.3) is 5.91 Å². The maximum atomic E-state index is 13.1. The number of halogens is 1. The summed E-state index contributed by atoms with van der Waals surface area (Å²) >= 11 is 0. The molecule has 3 nitrogen and oxygen atoms in total. The summed E-state index contributed by atoms with van der Waals surface area (Å²) in [6, 6.07) is 13.9. The molecule has 0 bridgehead atoms. The zero-order valence-corrected chi connectivity index (χ0v) is 11.9. The van der Waals surface area contributed by atoms with E-state index in [-0.39, 0.29) is 11.7 Å². The molecule has 0 aliphatic rings. The second kappa shape index (κ2) is 7.43. The van der Waals surface area contributed by atoms with Gasteiger partial charge in [-0.15, -0.1) is 0 Å². The van der Waals surface area contributed by atoms with Crippen molar-refractivity contribution >= 4 is 5.91 Å². The minimum absolute atomic E-state index is 0.196. The smallest absolute Gasteiger partial charge is 0.251 e. The first-order valence-corrected chi connectivity index (χ1v) is 6.89. The van der Waals surface area contributed by atoms with Crippen LogP contribution >= 0.6 is 0 Å². The van der Waals surface area contributed by atoms with Gasteiger partial charge in [0.15, 0.2) is 0 Å². The van der Waals surface area contributed by atoms with E-state index >= 15 is 0 Å². The first kappa shape index (κ1) is 15.0. The Morgan fingerprint density at radius 1 is 1.19 bits per heavy atom. The molecule has 0 radical (unpaired) electrons. The van der Waals surface area contributed by atoms with Crippen LogP contribution in [0.2, 0.25) is 0 Å². The fourth-order valence-electron chi connectivity index (χ4n) is 1.87. The summed E-state index contributed by atoms with van der Waals surface area (Å²) in [5, 5.41) is 2.79. The third-order valence-electron chi connectivity index (χ3n) is 3.04. The second-order valence-corrected chi connectivity index (χ2v) is 4.73. The Morgan fingerprint density at radius 2 is 1.95 bits per heavy atom. The predicted molar refractivity (Wildman–Crippen MR) is 80.0 cm³/mol. The van der Waals surface area contributed by atoms with Gasteiger partial charge in [-0.3, -0.25) is 4.79 Å². The van der Waals surface area contributed by atoms with Gasteiger partial charge in [-0.1, -0.05) is 18.2 Å². The van der Waals surface area contributed by atoms with Crippen LogP contribution in [0.4, 0.5) is 4.39 Å². The molecular formula is C17H18FNO2. The standard InChI is InChI=1S/C17H18FNO2/c1-13-12-14(8-9-16(13)18)17(20)19-10-5-11-21-15-6-3-2-4-7-15/h2-4,6-9,12H,5,10-11H2,1H3,(H,19,20). The molecule has 0 saturated heterocycles. The highest BCUT2D eigenvalue weighted by Crippen LogP contribution is 2.09. The number of carbonyl (C=O) groups is 1. The van der Waals surface area contributed by atoms with Crippen molar-refractivity contribution in [2.75, 3.05) is 13.2 Å². The molecule has 0 aromatic heterocycles. The van der Waals surface area contributed by atoms with Crippen molar-refractivity contribution in [2.24, 2.45) is 0 Å². The Kier molecular flexibility index (Phi) is 5.32. The molecule has 4 heteroatoms. The Hall–Kier alpha value is -2.36. The van der Waals surface area contributed by atoms with Gasteiger partial charge in [-0.2, -0.15) is 0 Å². The Morgan fingerprint density at radius 3 is 2.67 bits per heavy atom. The molecule has 2 rings (SSSR count). The van der Waals surface area contributed by atoms with Crippen LogP contribution in [0.1, 0.15) is 22.3 Å². The van der Waals surface area contributed by atoms with Gasteiger partial charge in [0.05, 0.1) is 6.61 Å². The van der Waals surface area contributed by atoms with Crippen molar-refractivity contribution in [3.05, 3.63) is 65.5 Å². The van der Waals surface area contributed by atoms with E-state index in [0.717, 1.165) is 5.75 Å². The number of ether oxygens (including phenoxy) is 1. The summed E-state index contributed by atoms with van der Waals surface area (Å²) in [7, 11) is 0. The Labute approximate surface area is 123 Å². The van der Waals surface area contributed by atoms with Crippen molar-refractivity contribution in [3.63, 3.8) is 0 Å². The molecule has 21 heavy (non-hydrogen) atoms. The van der Waals surface area contributed by atoms with Crippen LogP contribution < -0.4 is 10.1 Å². The monoisotopic (exact) mass is 287 g/mol. The summed E-state index contributed by atoms with van der Waals surface area (Å²) in [5.41, 5.74) is 0.938. The van der Waals surface area contributed by atoms with Crippen molar-refractivity contribution in [3.8, 4) is 5.75 Å². The summed E-state index contributed by atoms with van der Waals surface area (Å²) < 4.78 is 18.7. The van der Waals surface area contributed by atoms with Crippen LogP contribution in [0, 0.1) is 12.7 Å². The van der Waals surface area contributed by atoms with Crippen molar-refractivity contribution in [1.29, 1.82) is 0 Å². The van der Waals surface area contributed by atoms with Crippen molar-refractivity contribution in [2.45, 2.75) is 13.3 Å². The molecule has 0 aliphatic carbocycles. The van der Waals surface area contributed by atoms with E-state index in [9.17, 15) is 9.18 Å². The van der Waals surface area contributed by atoms with Gasteiger partial charge in [0, 0.05) is 12.1 Å². The van der Waals surface area contributed by atoms with Gasteiger partial charge < -0.3 is 10.1 Å². The summed E-state index contributed by atoms with van der Waals surface area (Å²) in [6.07, 6.45) is 0.709. The Bertz CT molecular complexity index is 599. The quantitative estimate of drug-likeness (QED) is 0.828. The lowest BCUT2D eigenvalue weighted by Gasteiger charge is -2.08. The summed E-state index contributed by atoms with van der Waals surface area (Å²) in [5.74, 6) is 0.318. The molecule has 1 N–H and O–H groups in total. The van der Waals surface area contributed by atoms with Crippen molar-refractivity contribution < 1.29 is 13.9 Å². The number of amides is 1. The van der Waals surface area contributed by atoms with E-state index in [4.69, 9.17) is 4.74 Å². The molecule has 0 atom stereocenters. The van der Waals surface area contributed by atoms with E-state index in [1.54, 1.807) is 13.0 Å². The lowest BCUT2D eigenvalue weighted by molar-refractivity contribution is 0.0951. The van der Waals surface area contributed by atoms with E-state index in [1.807, 2.05) is 30.3 Å². The predicted octanol–water partition coefficient (Wildman–Crippen LogP) is 3.33. The SMILES string of the molecule is Cc1cc(C(=O)NCCCOc2ccccc2)ccc1F. The number of para-hydroxylation sites is 1. The van der Waals surface area contributed by atoms with E-state index in [1.165, 1.54) is 12.1 Å². The minimum atomic E-state index is -0.303. The van der Waals surface area contributed by atoms with Gasteiger partial charge in [-0.05, 0) is 49.2 Å². The molecule has 110 valence electrons. The maximum absolute atomic E-state index is 13.1. The zero-order valence-electron chi connectivity index (χ0n) is 11.9. The summed E-state index contributed by atoms with van der Waals surface area (Å²) in [6.45, 7) is 2.69. The van der Waals surface area contributed by atoms with Gasteiger partial charge >= 0.3 is 0 Å². The molecule has 2 aromatic carbocycles. The molecule has 0 fully saturated rings. The zero-order chi connectivity index (χ0) is 15.1. The number of benzene rings is 2. The molecule has 0 saturated carbocycles. The van der Waals surface area contributed by atoms with Crippen LogP contribution in [0.3, 0.4) is 0 Å². The van der Waals surface area contributed by atoms with Crippen LogP contribution in [-0.2, 0) is 0 Å². The van der Waals surface area contributed by atoms with Crippen LogP contribution in [-0.4, -0.2) is 19.1 Å². The molecule has 2 aromatic rings. The largest absolute Gasteiger partial charge is 0.494 e. The van der Waals surface area contributed by atoms with Crippen LogP contribution in [0.15, 0.2) is 48.5 Å². The van der Waals surface area contributed by atoms with Gasteiger partial charge in [0.2, 0.25) is 0 Å². The van der Waals surface area contributed by atoms with Gasteiger partial charge in [0.1, 0.15) is 11.6 Å². The number of hydrogen-bond acceptors (Lipinski definition) is 2. The minimum Gasteiger partial charge on any atom is -0.494 e. The summed E-state index contributed by atoms with van der Waals surface area (Å²) in [4.78, 5) is 11.9. The van der Waals surface area contributed by atoms with E-state index < -0.39 is 0 Å². The number of rotatable bonds is 6. The highest BCUT2D eigenvalue weighted by molar-refractivity contribution is 5.94. The van der Waals surface area contributed by atoms with E-state index in [2.05, 4.69) is 5.32 Å². The fraction of sp³-hybridized carbons (Fsp3) is 0.235. The topological polar surface area (TPSA) is 38.3 Å². The number of nitrogens with one attached hydrogen (secondary N) is 1. The van der Waals surface area contributed by atoms with E-state index in [0.29, 0.717) is 30.7 Å². The molecule has 0 heterocycles. The first-order chi connectivity index (χ1) is 10.2. The third-order valence-corrected chi connectivity index (χ3v) is 3.04. The lowest BCUT2D eigenvalue weighted by atomic mass is 10.1. The number of hydrogen-bond donors (Lipinski definition) is 1. The molecule has 0 unspecified atom stereocenters. The normalized spacial score (nSPS) is 10.2. The first-order valence-electron chi connectivity index (χ1n) is 6.89. The lowest BCUT2D eigenvalue weighted by Crippen LogP contribution is -2.25. The van der Waals surface area contributed by atoms with Crippen molar-refractivity contribution in [1.82, 2.24) is 5.32 Å². The number of carbonyl (C=O) groups excluding carboxylic acids is 1. The van der Waals surface area contributed by atoms with Crippen LogP contribution in [0.5, 0.6) is 5.75 Å². The highest BCUT2D eigenvalue weighted by Gasteiger charge is 2.06. The highest BCUT2D eigenvalue weighted by atomic mass is 19.1. The fourth-order valence-corrected chi connectivity index (χ4v) is 1.87.